The molecule has 0 radical (unpaired) electrons. The highest BCUT2D eigenvalue weighted by Gasteiger charge is 2.32. The number of hydrogen-bond donors (Lipinski definition) is 1. The summed E-state index contributed by atoms with van der Waals surface area (Å²) in [5.74, 6) is 1.35. The Hall–Kier alpha value is -3.20. The van der Waals surface area contributed by atoms with E-state index in [0.717, 1.165) is 68.5 Å². The maximum Gasteiger partial charge on any atom is 0.286 e. The molecule has 1 fully saturated rings. The third kappa shape index (κ3) is 3.68. The number of aromatic nitrogens is 2. The second-order valence-corrected chi connectivity index (χ2v) is 10.8. The van der Waals surface area contributed by atoms with Crippen LogP contribution >= 0.6 is 0 Å². The number of amidine groups is 1. The second kappa shape index (κ2) is 8.23. The van der Waals surface area contributed by atoms with Crippen LogP contribution in [0.15, 0.2) is 45.7 Å². The van der Waals surface area contributed by atoms with E-state index < -0.39 is 10.0 Å². The lowest BCUT2D eigenvalue weighted by atomic mass is 10.1. The number of hydrogen-bond acceptors (Lipinski definition) is 5. The van der Waals surface area contributed by atoms with E-state index in [2.05, 4.69) is 14.3 Å². The zero-order valence-electron chi connectivity index (χ0n) is 19.0. The van der Waals surface area contributed by atoms with Gasteiger partial charge in [-0.3, -0.25) is 4.79 Å². The molecule has 0 aliphatic carbocycles. The van der Waals surface area contributed by atoms with E-state index in [4.69, 9.17) is 4.98 Å². The number of anilines is 2. The summed E-state index contributed by atoms with van der Waals surface area (Å²) in [5.41, 5.74) is 3.49. The van der Waals surface area contributed by atoms with Gasteiger partial charge in [0.25, 0.3) is 15.9 Å². The number of fused-ring (bicyclic) bond motifs is 6. The average Bonchev–Trinajstić information content (AvgIpc) is 2.98. The fourth-order valence-electron chi connectivity index (χ4n) is 5.25. The van der Waals surface area contributed by atoms with Crippen molar-refractivity contribution >= 4 is 44.2 Å². The first-order chi connectivity index (χ1) is 16.5. The molecule has 1 amide bonds. The molecule has 1 saturated heterocycles. The molecule has 0 unspecified atom stereocenters. The summed E-state index contributed by atoms with van der Waals surface area (Å²) < 4.78 is 32.1. The first-order valence-corrected chi connectivity index (χ1v) is 13.5. The lowest BCUT2D eigenvalue weighted by molar-refractivity contribution is 0.102. The molecule has 0 atom stereocenters. The highest BCUT2D eigenvalue weighted by atomic mass is 32.2. The predicted molar refractivity (Wildman–Crippen MR) is 132 cm³/mol. The van der Waals surface area contributed by atoms with Crippen LogP contribution in [0.2, 0.25) is 0 Å². The van der Waals surface area contributed by atoms with Crippen LogP contribution in [0.5, 0.6) is 0 Å². The molecule has 1 N–H and O–H groups in total. The van der Waals surface area contributed by atoms with Gasteiger partial charge in [-0.2, -0.15) is 8.42 Å². The van der Waals surface area contributed by atoms with Crippen LogP contribution < -0.4 is 10.2 Å². The molecule has 8 nitrogen and oxygen atoms in total. The van der Waals surface area contributed by atoms with Crippen LogP contribution in [0.4, 0.5) is 11.4 Å². The van der Waals surface area contributed by atoms with E-state index in [9.17, 15) is 13.2 Å². The predicted octanol–water partition coefficient (Wildman–Crippen LogP) is 4.50. The highest BCUT2D eigenvalue weighted by Crippen LogP contribution is 2.35. The van der Waals surface area contributed by atoms with Gasteiger partial charge in [-0.05, 0) is 62.1 Å². The number of amides is 1. The van der Waals surface area contributed by atoms with Crippen molar-refractivity contribution in [3.63, 3.8) is 0 Å². The molecule has 6 rings (SSSR count). The first kappa shape index (κ1) is 21.3. The minimum Gasteiger partial charge on any atom is -0.328 e. The van der Waals surface area contributed by atoms with Crippen molar-refractivity contribution in [3.8, 4) is 0 Å². The van der Waals surface area contributed by atoms with E-state index in [1.165, 1.54) is 12.5 Å². The van der Waals surface area contributed by atoms with Crippen molar-refractivity contribution < 1.29 is 13.2 Å². The van der Waals surface area contributed by atoms with Crippen molar-refractivity contribution in [2.75, 3.05) is 16.8 Å². The van der Waals surface area contributed by atoms with Crippen molar-refractivity contribution in [3.05, 3.63) is 47.8 Å². The van der Waals surface area contributed by atoms with Crippen LogP contribution in [-0.2, 0) is 23.0 Å². The Bertz CT molecular complexity index is 1440. The lowest BCUT2D eigenvalue weighted by Gasteiger charge is -2.29. The summed E-state index contributed by atoms with van der Waals surface area (Å²) in [6, 6.07) is 10.6. The Morgan fingerprint density at radius 2 is 1.74 bits per heavy atom. The topological polar surface area (TPSA) is 96.7 Å². The van der Waals surface area contributed by atoms with Gasteiger partial charge >= 0.3 is 0 Å². The number of imidazole rings is 1. The Labute approximate surface area is 198 Å². The SMILES string of the molecule is O=C(Nc1ccc2c(c1)nc1n2CCCCC1)c1ccc2c(c1)S(=O)(=O)N=C1CCCCCN12. The molecule has 176 valence electrons. The third-order valence-corrected chi connectivity index (χ3v) is 8.31. The molecule has 3 aliphatic heterocycles. The molecule has 3 aliphatic rings. The Morgan fingerprint density at radius 1 is 0.912 bits per heavy atom. The van der Waals surface area contributed by atoms with Crippen molar-refractivity contribution in [1.82, 2.24) is 9.55 Å². The van der Waals surface area contributed by atoms with Gasteiger partial charge in [0.2, 0.25) is 0 Å². The van der Waals surface area contributed by atoms with Crippen LogP contribution in [0.1, 0.15) is 61.1 Å². The molecule has 34 heavy (non-hydrogen) atoms. The Morgan fingerprint density at radius 3 is 2.62 bits per heavy atom. The summed E-state index contributed by atoms with van der Waals surface area (Å²) in [6.45, 7) is 1.71. The Kier molecular flexibility index (Phi) is 5.17. The van der Waals surface area contributed by atoms with Crippen LogP contribution in [0.3, 0.4) is 0 Å². The molecule has 4 heterocycles. The standard InChI is InChI=1S/C25H27N5O3S/c31-25(26-18-10-12-20-19(16-18)27-23-7-3-1-5-13-29(20)23)17-9-11-21-22(15-17)34(32,33)28-24-8-4-2-6-14-30(21)24/h9-12,15-16H,1-8,13-14H2,(H,26,31). The van der Waals surface area contributed by atoms with Gasteiger partial charge in [0, 0.05) is 37.2 Å². The van der Waals surface area contributed by atoms with Gasteiger partial charge in [-0.15, -0.1) is 4.40 Å². The summed E-state index contributed by atoms with van der Waals surface area (Å²) in [4.78, 5) is 19.9. The molecule has 0 saturated carbocycles. The normalized spacial score (nSPS) is 19.3. The van der Waals surface area contributed by atoms with Crippen LogP contribution in [0, 0.1) is 0 Å². The van der Waals surface area contributed by atoms with Gasteiger partial charge in [0.15, 0.2) is 0 Å². The monoisotopic (exact) mass is 477 g/mol. The van der Waals surface area contributed by atoms with E-state index >= 15 is 0 Å². The maximum absolute atomic E-state index is 13.0. The number of rotatable bonds is 2. The van der Waals surface area contributed by atoms with Crippen molar-refractivity contribution in [2.45, 2.75) is 62.8 Å². The van der Waals surface area contributed by atoms with E-state index in [-0.39, 0.29) is 16.4 Å². The summed E-state index contributed by atoms with van der Waals surface area (Å²) >= 11 is 0. The largest absolute Gasteiger partial charge is 0.328 e. The Balaban J connectivity index is 1.29. The molecular weight excluding hydrogens is 450 g/mol. The molecule has 0 spiro atoms. The van der Waals surface area contributed by atoms with E-state index in [1.54, 1.807) is 12.1 Å². The molecule has 0 bridgehead atoms. The van der Waals surface area contributed by atoms with E-state index in [1.807, 2.05) is 23.1 Å². The number of sulfonamides is 1. The minimum atomic E-state index is -3.84. The zero-order valence-corrected chi connectivity index (χ0v) is 19.8. The number of carbonyl (C=O) groups excluding carboxylic acids is 1. The lowest BCUT2D eigenvalue weighted by Crippen LogP contribution is -2.35. The minimum absolute atomic E-state index is 0.0964. The van der Waals surface area contributed by atoms with Gasteiger partial charge < -0.3 is 14.8 Å². The quantitative estimate of drug-likeness (QED) is 0.586. The molecular formula is C25H27N5O3S. The number of carbonyl (C=O) groups is 1. The summed E-state index contributed by atoms with van der Waals surface area (Å²) in [7, 11) is -3.84. The smallest absolute Gasteiger partial charge is 0.286 e. The number of benzene rings is 2. The molecule has 2 aromatic carbocycles. The summed E-state index contributed by atoms with van der Waals surface area (Å²) in [6.07, 6.45) is 8.13. The van der Waals surface area contributed by atoms with Gasteiger partial charge in [-0.1, -0.05) is 12.8 Å². The van der Waals surface area contributed by atoms with Crippen LogP contribution in [0.25, 0.3) is 11.0 Å². The van der Waals surface area contributed by atoms with Gasteiger partial charge in [0.1, 0.15) is 16.6 Å². The fourth-order valence-corrected chi connectivity index (χ4v) is 6.54. The first-order valence-electron chi connectivity index (χ1n) is 12.1. The van der Waals surface area contributed by atoms with Crippen LogP contribution in [-0.4, -0.2) is 36.3 Å². The molecule has 3 aromatic rings. The number of nitrogens with zero attached hydrogens (tertiary/aromatic N) is 4. The van der Waals surface area contributed by atoms with E-state index in [0.29, 0.717) is 23.6 Å². The highest BCUT2D eigenvalue weighted by molar-refractivity contribution is 7.90. The summed E-state index contributed by atoms with van der Waals surface area (Å²) in [5, 5.41) is 2.91. The fraction of sp³-hybridized carbons (Fsp3) is 0.400. The average molecular weight is 478 g/mol. The van der Waals surface area contributed by atoms with Gasteiger partial charge in [-0.25, -0.2) is 4.98 Å². The zero-order chi connectivity index (χ0) is 23.3. The number of nitrogens with one attached hydrogen (secondary N) is 1. The maximum atomic E-state index is 13.0. The molecule has 1 aromatic heterocycles. The number of aryl methyl sites for hydroxylation is 2. The van der Waals surface area contributed by atoms with Crippen molar-refractivity contribution in [2.24, 2.45) is 4.40 Å². The third-order valence-electron chi connectivity index (χ3n) is 6.98. The van der Waals surface area contributed by atoms with Gasteiger partial charge in [0.05, 0.1) is 16.7 Å². The second-order valence-electron chi connectivity index (χ2n) is 9.28. The molecule has 9 heteroatoms. The van der Waals surface area contributed by atoms with Crippen molar-refractivity contribution in [1.29, 1.82) is 0 Å².